The molecule has 0 fully saturated rings. The van der Waals surface area contributed by atoms with Crippen LogP contribution in [0.15, 0.2) is 12.1 Å². The third-order valence-electron chi connectivity index (χ3n) is 2.85. The molecule has 21 heavy (non-hydrogen) atoms. The van der Waals surface area contributed by atoms with E-state index < -0.39 is 0 Å². The van der Waals surface area contributed by atoms with E-state index in [1.807, 2.05) is 13.0 Å². The zero-order chi connectivity index (χ0) is 15.5. The van der Waals surface area contributed by atoms with Gasteiger partial charge in [0.1, 0.15) is 5.69 Å². The Bertz CT molecular complexity index is 463. The van der Waals surface area contributed by atoms with E-state index in [1.54, 1.807) is 6.07 Å². The van der Waals surface area contributed by atoms with Crippen molar-refractivity contribution in [3.63, 3.8) is 0 Å². The molecule has 1 aromatic heterocycles. The second-order valence-electron chi connectivity index (χ2n) is 4.50. The summed E-state index contributed by atoms with van der Waals surface area (Å²) in [6, 6.07) is 3.61. The second-order valence-corrected chi connectivity index (χ2v) is 4.50. The monoisotopic (exact) mass is 293 g/mol. The molecule has 116 valence electrons. The summed E-state index contributed by atoms with van der Waals surface area (Å²) < 4.78 is 5.23. The zero-order valence-electron chi connectivity index (χ0n) is 12.6. The highest BCUT2D eigenvalue weighted by atomic mass is 16.5. The predicted molar refractivity (Wildman–Crippen MR) is 81.8 cm³/mol. The molecule has 6 nitrogen and oxygen atoms in total. The molecule has 2 heterocycles. The molecule has 0 spiro atoms. The Morgan fingerprint density at radius 3 is 2.90 bits per heavy atom. The normalized spacial score (nSPS) is 12.4. The lowest BCUT2D eigenvalue weighted by Crippen LogP contribution is -2.19. The van der Waals surface area contributed by atoms with Gasteiger partial charge in [0.25, 0.3) is 0 Å². The number of carbonyl (C=O) groups excluding carboxylic acids is 2. The van der Waals surface area contributed by atoms with Gasteiger partial charge >= 0.3 is 0 Å². The molecule has 0 atom stereocenters. The van der Waals surface area contributed by atoms with Crippen molar-refractivity contribution in [3.8, 4) is 5.88 Å². The number of unbranched alkanes of at least 4 members (excludes halogenated alkanes) is 1. The molecule has 0 radical (unpaired) electrons. The fourth-order valence-electron chi connectivity index (χ4n) is 1.79. The fraction of sp³-hybridized carbons (Fsp3) is 0.533. The third-order valence-corrected chi connectivity index (χ3v) is 2.85. The van der Waals surface area contributed by atoms with E-state index in [4.69, 9.17) is 4.74 Å². The zero-order valence-corrected chi connectivity index (χ0v) is 12.6. The van der Waals surface area contributed by atoms with Crippen LogP contribution in [-0.4, -0.2) is 36.9 Å². The van der Waals surface area contributed by atoms with Crippen LogP contribution in [0.2, 0.25) is 0 Å². The number of carbonyl (C=O) groups is 2. The Labute approximate surface area is 125 Å². The van der Waals surface area contributed by atoms with Crippen LogP contribution in [0, 0.1) is 0 Å². The first-order chi connectivity index (χ1) is 10.2. The van der Waals surface area contributed by atoms with Crippen LogP contribution in [0.1, 0.15) is 43.6 Å². The van der Waals surface area contributed by atoms with Gasteiger partial charge in [-0.25, -0.2) is 4.98 Å². The van der Waals surface area contributed by atoms with Crippen molar-refractivity contribution in [3.05, 3.63) is 17.8 Å². The van der Waals surface area contributed by atoms with Gasteiger partial charge in [-0.2, -0.15) is 0 Å². The van der Waals surface area contributed by atoms with Gasteiger partial charge in [-0.05, 0) is 19.4 Å². The van der Waals surface area contributed by atoms with Crippen LogP contribution < -0.4 is 15.4 Å². The molecular weight excluding hydrogens is 270 g/mol. The molecule has 1 amide bonds. The SMILES string of the molecule is CCCCNC=O.CCOc1ccc2c(n1)C(=O)CCN2. The maximum absolute atomic E-state index is 11.5. The van der Waals surface area contributed by atoms with Gasteiger partial charge in [0.05, 0.1) is 12.3 Å². The third kappa shape index (κ3) is 5.81. The average Bonchev–Trinajstić information content (AvgIpc) is 2.50. The minimum atomic E-state index is 0.0836. The van der Waals surface area contributed by atoms with Crippen LogP contribution in [0.25, 0.3) is 0 Å². The first-order valence-electron chi connectivity index (χ1n) is 7.30. The molecular formula is C15H23N3O3. The molecule has 1 aliphatic rings. The highest BCUT2D eigenvalue weighted by Crippen LogP contribution is 2.22. The Morgan fingerprint density at radius 2 is 2.24 bits per heavy atom. The summed E-state index contributed by atoms with van der Waals surface area (Å²) in [6.07, 6.45) is 3.46. The summed E-state index contributed by atoms with van der Waals surface area (Å²) in [7, 11) is 0. The molecule has 0 unspecified atom stereocenters. The maximum atomic E-state index is 11.5. The lowest BCUT2D eigenvalue weighted by molar-refractivity contribution is -0.109. The summed E-state index contributed by atoms with van der Waals surface area (Å²) in [5.74, 6) is 0.601. The number of pyridine rings is 1. The largest absolute Gasteiger partial charge is 0.478 e. The molecule has 0 bridgehead atoms. The summed E-state index contributed by atoms with van der Waals surface area (Å²) in [4.78, 5) is 25.2. The van der Waals surface area contributed by atoms with Crippen LogP contribution in [0.4, 0.5) is 5.69 Å². The second kappa shape index (κ2) is 9.74. The number of amides is 1. The van der Waals surface area contributed by atoms with Crippen molar-refractivity contribution in [2.75, 3.05) is 25.0 Å². The minimum absolute atomic E-state index is 0.0836. The van der Waals surface area contributed by atoms with E-state index in [2.05, 4.69) is 22.5 Å². The number of nitrogens with zero attached hydrogens (tertiary/aromatic N) is 1. The van der Waals surface area contributed by atoms with Gasteiger partial charge in [-0.3, -0.25) is 9.59 Å². The number of rotatable bonds is 6. The van der Waals surface area contributed by atoms with Gasteiger partial charge in [-0.1, -0.05) is 13.3 Å². The van der Waals surface area contributed by atoms with Crippen molar-refractivity contribution in [2.45, 2.75) is 33.1 Å². The van der Waals surface area contributed by atoms with Gasteiger partial charge in [0.15, 0.2) is 5.78 Å². The highest BCUT2D eigenvalue weighted by Gasteiger charge is 2.18. The highest BCUT2D eigenvalue weighted by molar-refractivity contribution is 6.01. The van der Waals surface area contributed by atoms with Gasteiger partial charge in [-0.15, -0.1) is 0 Å². The van der Waals surface area contributed by atoms with Crippen molar-refractivity contribution >= 4 is 17.9 Å². The van der Waals surface area contributed by atoms with E-state index in [-0.39, 0.29) is 5.78 Å². The molecule has 1 aromatic rings. The molecule has 0 aromatic carbocycles. The molecule has 2 N–H and O–H groups in total. The van der Waals surface area contributed by atoms with E-state index in [0.717, 1.165) is 31.5 Å². The number of ketones is 1. The van der Waals surface area contributed by atoms with Crippen molar-refractivity contribution in [1.29, 1.82) is 0 Å². The molecule has 6 heteroatoms. The van der Waals surface area contributed by atoms with Crippen molar-refractivity contribution in [2.24, 2.45) is 0 Å². The van der Waals surface area contributed by atoms with Crippen LogP contribution in [-0.2, 0) is 4.79 Å². The van der Waals surface area contributed by atoms with E-state index >= 15 is 0 Å². The Morgan fingerprint density at radius 1 is 1.43 bits per heavy atom. The molecule has 0 saturated carbocycles. The van der Waals surface area contributed by atoms with Crippen LogP contribution >= 0.6 is 0 Å². The van der Waals surface area contributed by atoms with Crippen molar-refractivity contribution in [1.82, 2.24) is 10.3 Å². The Hall–Kier alpha value is -2.11. The lowest BCUT2D eigenvalue weighted by atomic mass is 10.1. The maximum Gasteiger partial charge on any atom is 0.214 e. The quantitative estimate of drug-likeness (QED) is 0.619. The van der Waals surface area contributed by atoms with E-state index in [9.17, 15) is 9.59 Å². The van der Waals surface area contributed by atoms with Gasteiger partial charge in [0.2, 0.25) is 12.3 Å². The Kier molecular flexibility index (Phi) is 7.86. The van der Waals surface area contributed by atoms with E-state index in [0.29, 0.717) is 31.1 Å². The smallest absolute Gasteiger partial charge is 0.214 e. The molecule has 2 rings (SSSR count). The average molecular weight is 293 g/mol. The van der Waals surface area contributed by atoms with Crippen LogP contribution in [0.5, 0.6) is 5.88 Å². The number of fused-ring (bicyclic) bond motifs is 1. The minimum Gasteiger partial charge on any atom is -0.478 e. The summed E-state index contributed by atoms with van der Waals surface area (Å²) in [6.45, 7) is 6.06. The summed E-state index contributed by atoms with van der Waals surface area (Å²) >= 11 is 0. The number of hydrogen-bond donors (Lipinski definition) is 2. The summed E-state index contributed by atoms with van der Waals surface area (Å²) in [5, 5.41) is 5.69. The standard InChI is InChI=1S/C10H12N2O2.C5H11NO/c1-2-14-9-4-3-7-10(12-9)8(13)5-6-11-7;1-2-3-4-6-5-7/h3-4,11H,2,5-6H2,1H3;5H,2-4H2,1H3,(H,6,7). The number of aromatic nitrogens is 1. The number of hydrogen-bond acceptors (Lipinski definition) is 5. The number of Topliss-reactive ketones (excluding diaryl/α,β-unsaturated/α-hetero) is 1. The predicted octanol–water partition coefficient (Wildman–Crippen LogP) is 2.01. The first-order valence-corrected chi connectivity index (χ1v) is 7.30. The first kappa shape index (κ1) is 16.9. The van der Waals surface area contributed by atoms with Gasteiger partial charge in [0, 0.05) is 25.6 Å². The number of nitrogens with one attached hydrogen (secondary N) is 2. The fourth-order valence-corrected chi connectivity index (χ4v) is 1.79. The molecule has 0 saturated heterocycles. The number of anilines is 1. The number of ether oxygens (including phenoxy) is 1. The van der Waals surface area contributed by atoms with Crippen LogP contribution in [0.3, 0.4) is 0 Å². The van der Waals surface area contributed by atoms with E-state index in [1.165, 1.54) is 0 Å². The topological polar surface area (TPSA) is 80.3 Å². The Balaban J connectivity index is 0.000000270. The molecule has 1 aliphatic heterocycles. The summed E-state index contributed by atoms with van der Waals surface area (Å²) in [5.41, 5.74) is 1.31. The van der Waals surface area contributed by atoms with Crippen molar-refractivity contribution < 1.29 is 14.3 Å². The van der Waals surface area contributed by atoms with Gasteiger partial charge < -0.3 is 15.4 Å². The lowest BCUT2D eigenvalue weighted by Gasteiger charge is -2.16. The molecule has 0 aliphatic carbocycles.